The van der Waals surface area contributed by atoms with Crippen molar-refractivity contribution in [1.29, 1.82) is 0 Å². The minimum absolute atomic E-state index is 0.110. The van der Waals surface area contributed by atoms with Gasteiger partial charge in [0.15, 0.2) is 6.04 Å². The van der Waals surface area contributed by atoms with Crippen LogP contribution in [-0.2, 0) is 16.0 Å². The minimum atomic E-state index is -4.71. The van der Waals surface area contributed by atoms with Crippen molar-refractivity contribution in [1.82, 2.24) is 0 Å². The third kappa shape index (κ3) is 2.64. The molecular formula is C11H8F3NO2. The highest BCUT2D eigenvalue weighted by atomic mass is 19.4. The molecule has 1 unspecified atom stereocenters. The fourth-order valence-corrected chi connectivity index (χ4v) is 1.48. The molecular weight excluding hydrogens is 235 g/mol. The Balaban J connectivity index is 2.13. The molecule has 1 atom stereocenters. The molecule has 0 aromatic heterocycles. The number of cyclic esters (lactones) is 1. The summed E-state index contributed by atoms with van der Waals surface area (Å²) in [5.74, 6) is -2.41. The van der Waals surface area contributed by atoms with Gasteiger partial charge in [-0.05, 0) is 5.56 Å². The second kappa shape index (κ2) is 4.20. The maximum absolute atomic E-state index is 12.2. The van der Waals surface area contributed by atoms with Crippen LogP contribution in [0.3, 0.4) is 0 Å². The lowest BCUT2D eigenvalue weighted by Crippen LogP contribution is -2.24. The van der Waals surface area contributed by atoms with E-state index in [1.807, 2.05) is 0 Å². The van der Waals surface area contributed by atoms with Gasteiger partial charge in [0, 0.05) is 6.42 Å². The molecule has 1 aromatic rings. The summed E-state index contributed by atoms with van der Waals surface area (Å²) in [5.41, 5.74) is 0.738. The summed E-state index contributed by atoms with van der Waals surface area (Å²) in [7, 11) is 0. The Morgan fingerprint density at radius 2 is 1.88 bits per heavy atom. The molecule has 1 heterocycles. The van der Waals surface area contributed by atoms with Crippen LogP contribution in [0.5, 0.6) is 0 Å². The summed E-state index contributed by atoms with van der Waals surface area (Å²) in [6.07, 6.45) is -4.60. The van der Waals surface area contributed by atoms with Crippen molar-refractivity contribution < 1.29 is 22.7 Å². The predicted molar refractivity (Wildman–Crippen MR) is 53.5 cm³/mol. The molecule has 1 aliphatic heterocycles. The molecule has 17 heavy (non-hydrogen) atoms. The summed E-state index contributed by atoms with van der Waals surface area (Å²) in [6.45, 7) is 0. The van der Waals surface area contributed by atoms with E-state index >= 15 is 0 Å². The molecule has 0 bridgehead atoms. The molecule has 0 aliphatic carbocycles. The van der Waals surface area contributed by atoms with Crippen LogP contribution < -0.4 is 0 Å². The second-order valence-electron chi connectivity index (χ2n) is 3.56. The number of benzene rings is 1. The number of rotatable bonds is 2. The SMILES string of the molecule is O=C1OC(C(F)(F)F)=NC1Cc1ccccc1. The predicted octanol–water partition coefficient (Wildman–Crippen LogP) is 2.12. The number of carbonyl (C=O) groups is 1. The Hall–Kier alpha value is -1.85. The van der Waals surface area contributed by atoms with Crippen LogP contribution >= 0.6 is 0 Å². The molecule has 90 valence electrons. The molecule has 0 radical (unpaired) electrons. The van der Waals surface area contributed by atoms with Gasteiger partial charge in [-0.25, -0.2) is 9.79 Å². The maximum Gasteiger partial charge on any atom is 0.468 e. The number of carbonyl (C=O) groups excluding carboxylic acids is 1. The van der Waals surface area contributed by atoms with E-state index in [1.54, 1.807) is 30.3 Å². The molecule has 1 aromatic carbocycles. The normalized spacial score (nSPS) is 20.1. The highest BCUT2D eigenvalue weighted by Gasteiger charge is 2.45. The van der Waals surface area contributed by atoms with Gasteiger partial charge in [0.05, 0.1) is 0 Å². The monoisotopic (exact) mass is 243 g/mol. The van der Waals surface area contributed by atoms with Crippen LogP contribution in [0.15, 0.2) is 35.3 Å². The average molecular weight is 243 g/mol. The van der Waals surface area contributed by atoms with Gasteiger partial charge in [0.2, 0.25) is 0 Å². The molecule has 0 fully saturated rings. The van der Waals surface area contributed by atoms with Crippen molar-refractivity contribution in [2.24, 2.45) is 4.99 Å². The number of aliphatic imine (C=N–C) groups is 1. The summed E-state index contributed by atoms with van der Waals surface area (Å²) < 4.78 is 40.8. The molecule has 0 spiro atoms. The number of esters is 1. The molecule has 6 heteroatoms. The first-order chi connectivity index (χ1) is 7.97. The Labute approximate surface area is 94.9 Å². The molecule has 2 rings (SSSR count). The lowest BCUT2D eigenvalue weighted by atomic mass is 10.1. The Kier molecular flexibility index (Phi) is 2.87. The third-order valence-corrected chi connectivity index (χ3v) is 2.26. The van der Waals surface area contributed by atoms with Crippen LogP contribution in [-0.4, -0.2) is 24.1 Å². The van der Waals surface area contributed by atoms with Crippen molar-refractivity contribution in [2.45, 2.75) is 18.6 Å². The van der Waals surface area contributed by atoms with Gasteiger partial charge in [-0.2, -0.15) is 13.2 Å². The van der Waals surface area contributed by atoms with E-state index in [0.29, 0.717) is 0 Å². The highest BCUT2D eigenvalue weighted by molar-refractivity contribution is 5.99. The quantitative estimate of drug-likeness (QED) is 0.746. The standard InChI is InChI=1S/C11H8F3NO2/c12-11(13,14)10-15-8(9(16)17-10)6-7-4-2-1-3-5-7/h1-5,8H,6H2. The van der Waals surface area contributed by atoms with Gasteiger partial charge in [-0.15, -0.1) is 0 Å². The number of hydrogen-bond acceptors (Lipinski definition) is 3. The fraction of sp³-hybridized carbons (Fsp3) is 0.273. The van der Waals surface area contributed by atoms with Gasteiger partial charge in [0.1, 0.15) is 0 Å². The summed E-state index contributed by atoms with van der Waals surface area (Å²) in [6, 6.07) is 7.59. The van der Waals surface area contributed by atoms with Crippen molar-refractivity contribution in [3.63, 3.8) is 0 Å². The van der Waals surface area contributed by atoms with E-state index in [-0.39, 0.29) is 6.42 Å². The number of halogens is 3. The number of nitrogens with zero attached hydrogens (tertiary/aromatic N) is 1. The van der Waals surface area contributed by atoms with E-state index in [1.165, 1.54) is 0 Å². The first kappa shape index (κ1) is 11.6. The number of hydrogen-bond donors (Lipinski definition) is 0. The van der Waals surface area contributed by atoms with E-state index in [0.717, 1.165) is 5.56 Å². The summed E-state index contributed by atoms with van der Waals surface area (Å²) >= 11 is 0. The Morgan fingerprint density at radius 3 is 2.41 bits per heavy atom. The zero-order chi connectivity index (χ0) is 12.5. The molecule has 0 N–H and O–H groups in total. The first-order valence-corrected chi connectivity index (χ1v) is 4.87. The zero-order valence-electron chi connectivity index (χ0n) is 8.57. The second-order valence-corrected chi connectivity index (χ2v) is 3.56. The van der Waals surface area contributed by atoms with Crippen molar-refractivity contribution in [3.05, 3.63) is 35.9 Å². The summed E-state index contributed by atoms with van der Waals surface area (Å²) in [4.78, 5) is 14.5. The lowest BCUT2D eigenvalue weighted by molar-refractivity contribution is -0.139. The van der Waals surface area contributed by atoms with Gasteiger partial charge < -0.3 is 4.74 Å². The van der Waals surface area contributed by atoms with Crippen molar-refractivity contribution in [3.8, 4) is 0 Å². The molecule has 0 amide bonds. The van der Waals surface area contributed by atoms with E-state index in [9.17, 15) is 18.0 Å². The van der Waals surface area contributed by atoms with Crippen LogP contribution in [0.4, 0.5) is 13.2 Å². The van der Waals surface area contributed by atoms with E-state index < -0.39 is 24.1 Å². The first-order valence-electron chi connectivity index (χ1n) is 4.87. The maximum atomic E-state index is 12.2. The fourth-order valence-electron chi connectivity index (χ4n) is 1.48. The van der Waals surface area contributed by atoms with Gasteiger partial charge in [-0.3, -0.25) is 0 Å². The topological polar surface area (TPSA) is 38.7 Å². The smallest absolute Gasteiger partial charge is 0.401 e. The Morgan fingerprint density at radius 1 is 1.24 bits per heavy atom. The van der Waals surface area contributed by atoms with E-state index in [4.69, 9.17) is 0 Å². The third-order valence-electron chi connectivity index (χ3n) is 2.26. The number of ether oxygens (including phenoxy) is 1. The highest BCUT2D eigenvalue weighted by Crippen LogP contribution is 2.24. The van der Waals surface area contributed by atoms with Crippen LogP contribution in [0, 0.1) is 0 Å². The largest absolute Gasteiger partial charge is 0.468 e. The molecule has 1 aliphatic rings. The van der Waals surface area contributed by atoms with Crippen molar-refractivity contribution >= 4 is 11.9 Å². The van der Waals surface area contributed by atoms with Crippen LogP contribution in [0.25, 0.3) is 0 Å². The Bertz CT molecular complexity index is 454. The van der Waals surface area contributed by atoms with Crippen molar-refractivity contribution in [2.75, 3.05) is 0 Å². The number of alkyl halides is 3. The van der Waals surface area contributed by atoms with Gasteiger partial charge in [0.25, 0.3) is 0 Å². The van der Waals surface area contributed by atoms with Crippen LogP contribution in [0.1, 0.15) is 5.56 Å². The van der Waals surface area contributed by atoms with Crippen LogP contribution in [0.2, 0.25) is 0 Å². The van der Waals surface area contributed by atoms with E-state index in [2.05, 4.69) is 9.73 Å². The van der Waals surface area contributed by atoms with Gasteiger partial charge >= 0.3 is 18.0 Å². The molecule has 3 nitrogen and oxygen atoms in total. The molecule has 0 saturated carbocycles. The summed E-state index contributed by atoms with van der Waals surface area (Å²) in [5, 5.41) is 0. The average Bonchev–Trinajstić information content (AvgIpc) is 2.62. The zero-order valence-corrected chi connectivity index (χ0v) is 8.57. The lowest BCUT2D eigenvalue weighted by Gasteiger charge is -2.02. The minimum Gasteiger partial charge on any atom is -0.401 e. The van der Waals surface area contributed by atoms with Gasteiger partial charge in [-0.1, -0.05) is 30.3 Å². The molecule has 0 saturated heterocycles.